The molecule has 18 heavy (non-hydrogen) atoms. The van der Waals surface area contributed by atoms with Crippen LogP contribution in [0.5, 0.6) is 0 Å². The summed E-state index contributed by atoms with van der Waals surface area (Å²) in [6, 6.07) is 0. The lowest BCUT2D eigenvalue weighted by Gasteiger charge is -2.39. The molecule has 1 amide bonds. The van der Waals surface area contributed by atoms with E-state index in [4.69, 9.17) is 15.2 Å². The van der Waals surface area contributed by atoms with Crippen LogP contribution in [-0.4, -0.2) is 54.4 Å². The quantitative estimate of drug-likeness (QED) is 0.796. The third-order valence-electron chi connectivity index (χ3n) is 3.79. The molecule has 0 saturated carbocycles. The van der Waals surface area contributed by atoms with E-state index in [9.17, 15) is 4.79 Å². The summed E-state index contributed by atoms with van der Waals surface area (Å²) in [4.78, 5) is 13.2. The zero-order valence-corrected chi connectivity index (χ0v) is 11.6. The van der Waals surface area contributed by atoms with Crippen LogP contribution in [0.4, 0.5) is 0 Å². The van der Waals surface area contributed by atoms with Crippen LogP contribution in [-0.2, 0) is 14.3 Å². The van der Waals surface area contributed by atoms with Crippen molar-refractivity contribution in [1.29, 1.82) is 0 Å². The summed E-state index contributed by atoms with van der Waals surface area (Å²) in [5.74, 6) is -0.287. The monoisotopic (exact) mass is 256 g/mol. The molecule has 0 bridgehead atoms. The minimum atomic E-state index is -0.287. The fourth-order valence-corrected chi connectivity index (χ4v) is 2.58. The van der Waals surface area contributed by atoms with E-state index in [1.807, 2.05) is 0 Å². The van der Waals surface area contributed by atoms with Gasteiger partial charge in [-0.05, 0) is 33.6 Å². The number of rotatable bonds is 4. The summed E-state index contributed by atoms with van der Waals surface area (Å²) in [6.45, 7) is 8.75. The Kier molecular flexibility index (Phi) is 3.67. The summed E-state index contributed by atoms with van der Waals surface area (Å²) in [6.07, 6.45) is 2.29. The second kappa shape index (κ2) is 4.79. The number of nitrogens with two attached hydrogens (primary N) is 1. The molecule has 2 N–H and O–H groups in total. The van der Waals surface area contributed by atoms with Gasteiger partial charge in [0.1, 0.15) is 5.60 Å². The standard InChI is InChI=1S/C13H24N2O3/c1-12(2,3)15(7-11(14)16)6-10-4-5-13(18-10)8-17-9-13/h10H,4-9H2,1-3H3,(H2,14,16). The summed E-state index contributed by atoms with van der Waals surface area (Å²) < 4.78 is 11.3. The molecular formula is C13H24N2O3. The Morgan fingerprint density at radius 1 is 1.44 bits per heavy atom. The lowest BCUT2D eigenvalue weighted by molar-refractivity contribution is -0.203. The van der Waals surface area contributed by atoms with E-state index in [0.29, 0.717) is 0 Å². The van der Waals surface area contributed by atoms with Crippen LogP contribution in [0, 0.1) is 0 Å². The van der Waals surface area contributed by atoms with Crippen LogP contribution < -0.4 is 5.73 Å². The molecule has 2 saturated heterocycles. The first-order chi connectivity index (χ1) is 8.31. The van der Waals surface area contributed by atoms with E-state index in [2.05, 4.69) is 25.7 Å². The molecule has 0 aromatic carbocycles. The normalized spacial score (nSPS) is 26.6. The Morgan fingerprint density at radius 2 is 2.11 bits per heavy atom. The highest BCUT2D eigenvalue weighted by molar-refractivity contribution is 5.76. The van der Waals surface area contributed by atoms with E-state index in [1.54, 1.807) is 0 Å². The first kappa shape index (κ1) is 13.8. The molecule has 0 radical (unpaired) electrons. The van der Waals surface area contributed by atoms with Crippen molar-refractivity contribution in [3.05, 3.63) is 0 Å². The molecule has 1 spiro atoms. The molecule has 104 valence electrons. The summed E-state index contributed by atoms with van der Waals surface area (Å²) in [7, 11) is 0. The zero-order valence-electron chi connectivity index (χ0n) is 11.6. The third kappa shape index (κ3) is 3.02. The second-order valence-corrected chi connectivity index (χ2v) is 6.47. The Bertz CT molecular complexity index is 321. The number of primary amides is 1. The molecule has 0 aromatic heterocycles. The van der Waals surface area contributed by atoms with Gasteiger partial charge in [-0.2, -0.15) is 0 Å². The lowest BCUT2D eigenvalue weighted by atomic mass is 9.98. The van der Waals surface area contributed by atoms with Crippen molar-refractivity contribution in [1.82, 2.24) is 4.90 Å². The van der Waals surface area contributed by atoms with Crippen molar-refractivity contribution < 1.29 is 14.3 Å². The highest BCUT2D eigenvalue weighted by Crippen LogP contribution is 2.37. The third-order valence-corrected chi connectivity index (χ3v) is 3.79. The first-order valence-electron chi connectivity index (χ1n) is 6.60. The van der Waals surface area contributed by atoms with Crippen LogP contribution in [0.1, 0.15) is 33.6 Å². The fourth-order valence-electron chi connectivity index (χ4n) is 2.58. The summed E-state index contributed by atoms with van der Waals surface area (Å²) in [5, 5.41) is 0. The van der Waals surface area contributed by atoms with Gasteiger partial charge < -0.3 is 15.2 Å². The lowest BCUT2D eigenvalue weighted by Crippen LogP contribution is -2.52. The first-order valence-corrected chi connectivity index (χ1v) is 6.60. The van der Waals surface area contributed by atoms with Crippen LogP contribution in [0.3, 0.4) is 0 Å². The largest absolute Gasteiger partial charge is 0.375 e. The number of amides is 1. The van der Waals surface area contributed by atoms with E-state index in [1.165, 1.54) is 0 Å². The van der Waals surface area contributed by atoms with Gasteiger partial charge in [-0.3, -0.25) is 9.69 Å². The molecular weight excluding hydrogens is 232 g/mol. The Hall–Kier alpha value is -0.650. The van der Waals surface area contributed by atoms with Gasteiger partial charge in [0.15, 0.2) is 0 Å². The maximum absolute atomic E-state index is 11.1. The van der Waals surface area contributed by atoms with Crippen LogP contribution in [0.15, 0.2) is 0 Å². The molecule has 2 aliphatic heterocycles. The topological polar surface area (TPSA) is 64.8 Å². The van der Waals surface area contributed by atoms with Crippen molar-refractivity contribution in [2.24, 2.45) is 5.73 Å². The SMILES string of the molecule is CC(C)(C)N(CC(N)=O)CC1CCC2(COC2)O1. The number of nitrogens with zero attached hydrogens (tertiary/aromatic N) is 1. The van der Waals surface area contributed by atoms with E-state index in [0.717, 1.165) is 32.6 Å². The molecule has 2 aliphatic rings. The highest BCUT2D eigenvalue weighted by atomic mass is 16.6. The van der Waals surface area contributed by atoms with Crippen molar-refractivity contribution in [2.45, 2.75) is 50.9 Å². The number of carbonyl (C=O) groups excluding carboxylic acids is 1. The van der Waals surface area contributed by atoms with Crippen LogP contribution in [0.25, 0.3) is 0 Å². The average Bonchev–Trinajstić information content (AvgIpc) is 2.58. The van der Waals surface area contributed by atoms with Crippen molar-refractivity contribution >= 4 is 5.91 Å². The summed E-state index contributed by atoms with van der Waals surface area (Å²) >= 11 is 0. The smallest absolute Gasteiger partial charge is 0.231 e. The molecule has 2 rings (SSSR count). The molecule has 1 unspecified atom stereocenters. The minimum absolute atomic E-state index is 0.0268. The molecule has 0 aliphatic carbocycles. The predicted molar refractivity (Wildman–Crippen MR) is 68.2 cm³/mol. The number of hydrogen-bond acceptors (Lipinski definition) is 4. The van der Waals surface area contributed by atoms with E-state index < -0.39 is 0 Å². The zero-order chi connectivity index (χ0) is 13.4. The molecule has 0 aromatic rings. The van der Waals surface area contributed by atoms with Gasteiger partial charge in [0.25, 0.3) is 0 Å². The highest BCUT2D eigenvalue weighted by Gasteiger charge is 2.47. The Labute approximate surface area is 109 Å². The number of ether oxygens (including phenoxy) is 2. The molecule has 5 heteroatoms. The fraction of sp³-hybridized carbons (Fsp3) is 0.923. The van der Waals surface area contributed by atoms with Gasteiger partial charge >= 0.3 is 0 Å². The maximum Gasteiger partial charge on any atom is 0.231 e. The molecule has 5 nitrogen and oxygen atoms in total. The van der Waals surface area contributed by atoms with Gasteiger partial charge in [0, 0.05) is 12.1 Å². The van der Waals surface area contributed by atoms with Crippen molar-refractivity contribution in [3.63, 3.8) is 0 Å². The Balaban J connectivity index is 1.91. The van der Waals surface area contributed by atoms with Crippen molar-refractivity contribution in [3.8, 4) is 0 Å². The van der Waals surface area contributed by atoms with Gasteiger partial charge in [-0.1, -0.05) is 0 Å². The number of hydrogen-bond donors (Lipinski definition) is 1. The average molecular weight is 256 g/mol. The van der Waals surface area contributed by atoms with Crippen LogP contribution >= 0.6 is 0 Å². The van der Waals surface area contributed by atoms with Gasteiger partial charge in [0.2, 0.25) is 5.91 Å². The summed E-state index contributed by atoms with van der Waals surface area (Å²) in [5.41, 5.74) is 5.21. The molecule has 1 atom stereocenters. The minimum Gasteiger partial charge on any atom is -0.375 e. The van der Waals surface area contributed by atoms with Gasteiger partial charge in [0.05, 0.1) is 25.9 Å². The van der Waals surface area contributed by atoms with E-state index in [-0.39, 0.29) is 29.7 Å². The van der Waals surface area contributed by atoms with Crippen molar-refractivity contribution in [2.75, 3.05) is 26.3 Å². The van der Waals surface area contributed by atoms with Crippen LogP contribution in [0.2, 0.25) is 0 Å². The molecule has 2 fully saturated rings. The maximum atomic E-state index is 11.1. The second-order valence-electron chi connectivity index (χ2n) is 6.47. The Morgan fingerprint density at radius 3 is 2.50 bits per heavy atom. The number of carbonyl (C=O) groups is 1. The van der Waals surface area contributed by atoms with E-state index >= 15 is 0 Å². The van der Waals surface area contributed by atoms with Gasteiger partial charge in [-0.15, -0.1) is 0 Å². The van der Waals surface area contributed by atoms with Gasteiger partial charge in [-0.25, -0.2) is 0 Å². The molecule has 2 heterocycles. The predicted octanol–water partition coefficient (Wildman–Crippen LogP) is 0.520.